The Morgan fingerprint density at radius 2 is 1.72 bits per heavy atom. The van der Waals surface area contributed by atoms with Crippen LogP contribution in [0.15, 0.2) is 60.8 Å². The number of ether oxygens (including phenoxy) is 2. The van der Waals surface area contributed by atoms with Crippen molar-refractivity contribution >= 4 is 17.5 Å². The third-order valence-corrected chi connectivity index (χ3v) is 4.23. The quantitative estimate of drug-likeness (QED) is 0.666. The normalized spacial score (nSPS) is 10.3. The number of hydrogen-bond acceptors (Lipinski definition) is 5. The molecule has 2 amide bonds. The highest BCUT2D eigenvalue weighted by molar-refractivity contribution is 5.99. The van der Waals surface area contributed by atoms with Gasteiger partial charge in [-0.25, -0.2) is 4.68 Å². The molecule has 0 saturated carbocycles. The molecule has 0 fully saturated rings. The minimum absolute atomic E-state index is 0.133. The molecule has 8 heteroatoms. The molecule has 1 heterocycles. The number of carbonyl (C=O) groups is 2. The number of benzene rings is 2. The molecule has 0 bridgehead atoms. The highest BCUT2D eigenvalue weighted by atomic mass is 16.5. The zero-order valence-electron chi connectivity index (χ0n) is 16.5. The van der Waals surface area contributed by atoms with E-state index in [1.165, 1.54) is 19.1 Å². The van der Waals surface area contributed by atoms with E-state index in [0.717, 1.165) is 5.69 Å². The lowest BCUT2D eigenvalue weighted by Crippen LogP contribution is -2.35. The maximum atomic E-state index is 12.8. The predicted octanol–water partition coefficient (Wildman–Crippen LogP) is 2.60. The molecule has 0 unspecified atom stereocenters. The van der Waals surface area contributed by atoms with E-state index in [0.29, 0.717) is 17.2 Å². The van der Waals surface area contributed by atoms with Crippen LogP contribution >= 0.6 is 0 Å². The van der Waals surface area contributed by atoms with E-state index in [1.807, 2.05) is 30.3 Å². The molecule has 1 aromatic heterocycles. The van der Waals surface area contributed by atoms with Crippen molar-refractivity contribution < 1.29 is 19.1 Å². The van der Waals surface area contributed by atoms with Crippen molar-refractivity contribution in [3.63, 3.8) is 0 Å². The third-order valence-electron chi connectivity index (χ3n) is 4.23. The first-order valence-corrected chi connectivity index (χ1v) is 8.90. The molecule has 0 aliphatic heterocycles. The molecule has 0 radical (unpaired) electrons. The summed E-state index contributed by atoms with van der Waals surface area (Å²) in [7, 11) is 4.58. The maximum absolute atomic E-state index is 12.8. The average molecular weight is 394 g/mol. The van der Waals surface area contributed by atoms with Gasteiger partial charge in [-0.1, -0.05) is 18.2 Å². The van der Waals surface area contributed by atoms with Gasteiger partial charge in [-0.05, 0) is 36.4 Å². The largest absolute Gasteiger partial charge is 0.497 e. The fraction of sp³-hybridized carbons (Fsp3) is 0.190. The second kappa shape index (κ2) is 8.92. The van der Waals surface area contributed by atoms with E-state index in [9.17, 15) is 9.59 Å². The zero-order chi connectivity index (χ0) is 20.8. The number of amides is 2. The van der Waals surface area contributed by atoms with E-state index in [2.05, 4.69) is 10.4 Å². The fourth-order valence-corrected chi connectivity index (χ4v) is 2.71. The van der Waals surface area contributed by atoms with E-state index in [-0.39, 0.29) is 18.1 Å². The molecule has 8 nitrogen and oxygen atoms in total. The first-order chi connectivity index (χ1) is 14.0. The number of anilines is 1. The van der Waals surface area contributed by atoms with Crippen molar-refractivity contribution in [3.05, 3.63) is 66.5 Å². The van der Waals surface area contributed by atoms with Gasteiger partial charge >= 0.3 is 0 Å². The summed E-state index contributed by atoms with van der Waals surface area (Å²) in [5, 5.41) is 7.08. The van der Waals surface area contributed by atoms with Gasteiger partial charge in [0.2, 0.25) is 5.91 Å². The Kier molecular flexibility index (Phi) is 6.13. The first-order valence-electron chi connectivity index (χ1n) is 8.90. The summed E-state index contributed by atoms with van der Waals surface area (Å²) in [6.07, 6.45) is 1.63. The number of hydrogen-bond donors (Lipinski definition) is 1. The van der Waals surface area contributed by atoms with Gasteiger partial charge in [0.15, 0.2) is 11.4 Å². The number of aromatic nitrogens is 2. The Morgan fingerprint density at radius 1 is 1.03 bits per heavy atom. The topological polar surface area (TPSA) is 85.7 Å². The molecule has 0 spiro atoms. The van der Waals surface area contributed by atoms with E-state index in [1.54, 1.807) is 42.3 Å². The van der Waals surface area contributed by atoms with Crippen molar-refractivity contribution in [2.45, 2.75) is 0 Å². The molecule has 2 aromatic carbocycles. The number of carbonyl (C=O) groups excluding carboxylic acids is 2. The summed E-state index contributed by atoms with van der Waals surface area (Å²) in [5.41, 5.74) is 1.54. The van der Waals surface area contributed by atoms with Crippen LogP contribution < -0.4 is 14.8 Å². The SMILES string of the molecule is COc1ccc(NC(=O)CN(C)C(=O)c2nn(-c3ccccc3)cc2OC)cc1. The number of nitrogens with zero attached hydrogens (tertiary/aromatic N) is 3. The van der Waals surface area contributed by atoms with Crippen LogP contribution in [-0.4, -0.2) is 54.3 Å². The summed E-state index contributed by atoms with van der Waals surface area (Å²) >= 11 is 0. The van der Waals surface area contributed by atoms with Crippen LogP contribution in [0.4, 0.5) is 5.69 Å². The lowest BCUT2D eigenvalue weighted by atomic mass is 10.3. The highest BCUT2D eigenvalue weighted by Crippen LogP contribution is 2.21. The summed E-state index contributed by atoms with van der Waals surface area (Å²) in [4.78, 5) is 26.4. The smallest absolute Gasteiger partial charge is 0.278 e. The van der Waals surface area contributed by atoms with Gasteiger partial charge in [-0.2, -0.15) is 5.10 Å². The van der Waals surface area contributed by atoms with Crippen molar-refractivity contribution in [1.82, 2.24) is 14.7 Å². The molecule has 0 saturated heterocycles. The molecule has 0 aliphatic carbocycles. The lowest BCUT2D eigenvalue weighted by Gasteiger charge is -2.16. The Hall–Kier alpha value is -3.81. The van der Waals surface area contributed by atoms with Crippen LogP contribution in [0.1, 0.15) is 10.5 Å². The minimum Gasteiger partial charge on any atom is -0.497 e. The van der Waals surface area contributed by atoms with Crippen LogP contribution in [0.2, 0.25) is 0 Å². The van der Waals surface area contributed by atoms with Gasteiger partial charge in [0.1, 0.15) is 5.75 Å². The average Bonchev–Trinajstić information content (AvgIpc) is 3.18. The Bertz CT molecular complexity index is 984. The maximum Gasteiger partial charge on any atom is 0.278 e. The predicted molar refractivity (Wildman–Crippen MR) is 109 cm³/mol. The monoisotopic (exact) mass is 394 g/mol. The van der Waals surface area contributed by atoms with Crippen LogP contribution in [0.5, 0.6) is 11.5 Å². The van der Waals surface area contributed by atoms with E-state index >= 15 is 0 Å². The summed E-state index contributed by atoms with van der Waals surface area (Å²) < 4.78 is 12.0. The van der Waals surface area contributed by atoms with Gasteiger partial charge in [-0.3, -0.25) is 9.59 Å². The molecule has 3 aromatic rings. The standard InChI is InChI=1S/C21H22N4O4/c1-24(14-19(26)22-15-9-11-17(28-2)12-10-15)21(27)20-18(29-3)13-25(23-20)16-7-5-4-6-8-16/h4-13H,14H2,1-3H3,(H,22,26). The second-order valence-electron chi connectivity index (χ2n) is 6.26. The zero-order valence-corrected chi connectivity index (χ0v) is 16.5. The summed E-state index contributed by atoms with van der Waals surface area (Å²) in [5.74, 6) is 0.284. The van der Waals surface area contributed by atoms with Gasteiger partial charge in [0, 0.05) is 12.7 Å². The van der Waals surface area contributed by atoms with Gasteiger partial charge in [-0.15, -0.1) is 0 Å². The van der Waals surface area contributed by atoms with Crippen molar-refractivity contribution in [3.8, 4) is 17.2 Å². The molecule has 0 atom stereocenters. The van der Waals surface area contributed by atoms with Gasteiger partial charge in [0.05, 0.1) is 32.6 Å². The molecule has 1 N–H and O–H groups in total. The molecule has 29 heavy (non-hydrogen) atoms. The van der Waals surface area contributed by atoms with E-state index in [4.69, 9.17) is 9.47 Å². The molecular formula is C21H22N4O4. The van der Waals surface area contributed by atoms with Crippen LogP contribution in [0, 0.1) is 0 Å². The third kappa shape index (κ3) is 4.73. The fourth-order valence-electron chi connectivity index (χ4n) is 2.71. The van der Waals surface area contributed by atoms with Gasteiger partial charge in [0.25, 0.3) is 5.91 Å². The molecule has 150 valence electrons. The molecule has 0 aliphatic rings. The number of para-hydroxylation sites is 1. The highest BCUT2D eigenvalue weighted by Gasteiger charge is 2.23. The Morgan fingerprint density at radius 3 is 2.34 bits per heavy atom. The minimum atomic E-state index is -0.415. The lowest BCUT2D eigenvalue weighted by molar-refractivity contribution is -0.116. The van der Waals surface area contributed by atoms with Crippen molar-refractivity contribution in [2.75, 3.05) is 33.1 Å². The Balaban J connectivity index is 1.69. The molecule has 3 rings (SSSR count). The number of rotatable bonds is 7. The van der Waals surface area contributed by atoms with Crippen molar-refractivity contribution in [2.24, 2.45) is 0 Å². The van der Waals surface area contributed by atoms with Crippen LogP contribution in [0.25, 0.3) is 5.69 Å². The second-order valence-corrected chi connectivity index (χ2v) is 6.26. The van der Waals surface area contributed by atoms with Crippen LogP contribution in [-0.2, 0) is 4.79 Å². The Labute approximate surface area is 168 Å². The van der Waals surface area contributed by atoms with Gasteiger partial charge < -0.3 is 19.7 Å². The number of likely N-dealkylation sites (N-methyl/N-ethyl adjacent to an activating group) is 1. The number of nitrogens with one attached hydrogen (secondary N) is 1. The number of methoxy groups -OCH3 is 2. The van der Waals surface area contributed by atoms with Crippen molar-refractivity contribution in [1.29, 1.82) is 0 Å². The first kappa shape index (κ1) is 19.9. The summed E-state index contributed by atoms with van der Waals surface area (Å²) in [6, 6.07) is 16.3. The van der Waals surface area contributed by atoms with E-state index < -0.39 is 5.91 Å². The van der Waals surface area contributed by atoms with Crippen LogP contribution in [0.3, 0.4) is 0 Å². The molecular weight excluding hydrogens is 372 g/mol. The summed E-state index contributed by atoms with van der Waals surface area (Å²) in [6.45, 7) is -0.133.